The standard InChI is InChI=1S/C20H25NO2/c1-16(19(22)17-8-4-2-5-9-17)21-14-12-20(23,13-15-21)18-10-6-3-7-11-18/h2-11,16,19,22-23H,12-15H2,1H3. The summed E-state index contributed by atoms with van der Waals surface area (Å²) in [5.74, 6) is 0. The number of aliphatic hydroxyl groups excluding tert-OH is 1. The molecule has 0 aliphatic carbocycles. The van der Waals surface area contributed by atoms with Gasteiger partial charge in [-0.2, -0.15) is 0 Å². The summed E-state index contributed by atoms with van der Waals surface area (Å²) in [6, 6.07) is 19.8. The van der Waals surface area contributed by atoms with Gasteiger partial charge in [-0.25, -0.2) is 0 Å². The van der Waals surface area contributed by atoms with Crippen molar-refractivity contribution in [2.45, 2.75) is 37.5 Å². The molecular formula is C20H25NO2. The van der Waals surface area contributed by atoms with E-state index in [1.165, 1.54) is 0 Å². The summed E-state index contributed by atoms with van der Waals surface area (Å²) in [6.07, 6.45) is 0.894. The first kappa shape index (κ1) is 16.2. The first-order valence-electron chi connectivity index (χ1n) is 8.35. The molecule has 0 radical (unpaired) electrons. The second kappa shape index (κ2) is 6.83. The summed E-state index contributed by atoms with van der Waals surface area (Å²) in [5, 5.41) is 21.5. The van der Waals surface area contributed by atoms with Crippen molar-refractivity contribution in [3.63, 3.8) is 0 Å². The third kappa shape index (κ3) is 3.47. The number of hydrogen-bond acceptors (Lipinski definition) is 3. The van der Waals surface area contributed by atoms with Gasteiger partial charge in [0.1, 0.15) is 0 Å². The number of rotatable bonds is 4. The lowest BCUT2D eigenvalue weighted by Gasteiger charge is -2.42. The van der Waals surface area contributed by atoms with Crippen molar-refractivity contribution in [1.82, 2.24) is 4.90 Å². The molecule has 2 N–H and O–H groups in total. The van der Waals surface area contributed by atoms with Crippen LogP contribution in [0.25, 0.3) is 0 Å². The van der Waals surface area contributed by atoms with E-state index in [9.17, 15) is 10.2 Å². The Morgan fingerprint density at radius 1 is 0.913 bits per heavy atom. The third-order valence-corrected chi connectivity index (χ3v) is 5.11. The summed E-state index contributed by atoms with van der Waals surface area (Å²) < 4.78 is 0. The van der Waals surface area contributed by atoms with Crippen molar-refractivity contribution in [3.8, 4) is 0 Å². The van der Waals surface area contributed by atoms with Gasteiger partial charge in [0.2, 0.25) is 0 Å². The maximum Gasteiger partial charge on any atom is 0.0942 e. The number of aliphatic hydroxyl groups is 2. The molecule has 2 unspecified atom stereocenters. The van der Waals surface area contributed by atoms with Gasteiger partial charge >= 0.3 is 0 Å². The zero-order chi connectivity index (χ0) is 16.3. The first-order valence-corrected chi connectivity index (χ1v) is 8.35. The Morgan fingerprint density at radius 2 is 1.43 bits per heavy atom. The summed E-state index contributed by atoms with van der Waals surface area (Å²) in [6.45, 7) is 3.64. The van der Waals surface area contributed by atoms with E-state index < -0.39 is 11.7 Å². The molecule has 1 saturated heterocycles. The predicted octanol–water partition coefficient (Wildman–Crippen LogP) is 3.09. The average Bonchev–Trinajstić information content (AvgIpc) is 2.63. The molecule has 2 aromatic carbocycles. The van der Waals surface area contributed by atoms with E-state index in [1.54, 1.807) is 0 Å². The third-order valence-electron chi connectivity index (χ3n) is 5.11. The predicted molar refractivity (Wildman–Crippen MR) is 92.0 cm³/mol. The molecule has 0 aromatic heterocycles. The molecule has 0 amide bonds. The minimum Gasteiger partial charge on any atom is -0.387 e. The Balaban J connectivity index is 1.65. The smallest absolute Gasteiger partial charge is 0.0942 e. The Hall–Kier alpha value is -1.68. The van der Waals surface area contributed by atoms with Crippen LogP contribution in [0.3, 0.4) is 0 Å². The molecule has 1 aliphatic rings. The lowest BCUT2D eigenvalue weighted by molar-refractivity contribution is -0.0501. The zero-order valence-electron chi connectivity index (χ0n) is 13.6. The van der Waals surface area contributed by atoms with Gasteiger partial charge in [0.05, 0.1) is 11.7 Å². The molecular weight excluding hydrogens is 286 g/mol. The molecule has 3 heteroatoms. The van der Waals surface area contributed by atoms with Crippen LogP contribution in [-0.4, -0.2) is 34.2 Å². The lowest BCUT2D eigenvalue weighted by Crippen LogP contribution is -2.47. The van der Waals surface area contributed by atoms with Crippen molar-refractivity contribution in [1.29, 1.82) is 0 Å². The van der Waals surface area contributed by atoms with Crippen LogP contribution in [0, 0.1) is 0 Å². The zero-order valence-corrected chi connectivity index (χ0v) is 13.6. The fourth-order valence-electron chi connectivity index (χ4n) is 3.47. The van der Waals surface area contributed by atoms with Gasteiger partial charge in [0, 0.05) is 19.1 Å². The van der Waals surface area contributed by atoms with Crippen molar-refractivity contribution >= 4 is 0 Å². The summed E-state index contributed by atoms with van der Waals surface area (Å²) in [7, 11) is 0. The van der Waals surface area contributed by atoms with Crippen LogP contribution >= 0.6 is 0 Å². The summed E-state index contributed by atoms with van der Waals surface area (Å²) in [5.41, 5.74) is 1.20. The topological polar surface area (TPSA) is 43.7 Å². The highest BCUT2D eigenvalue weighted by Crippen LogP contribution is 2.34. The molecule has 2 atom stereocenters. The second-order valence-electron chi connectivity index (χ2n) is 6.53. The fraction of sp³-hybridized carbons (Fsp3) is 0.400. The van der Waals surface area contributed by atoms with Crippen molar-refractivity contribution in [2.24, 2.45) is 0 Å². The molecule has 2 aromatic rings. The van der Waals surface area contributed by atoms with Crippen LogP contribution in [0.2, 0.25) is 0 Å². The molecule has 23 heavy (non-hydrogen) atoms. The molecule has 122 valence electrons. The Labute approximate surface area is 138 Å². The van der Waals surface area contributed by atoms with E-state index in [0.29, 0.717) is 12.8 Å². The van der Waals surface area contributed by atoms with Crippen LogP contribution in [0.5, 0.6) is 0 Å². The maximum atomic E-state index is 10.9. The Bertz CT molecular complexity index is 606. The van der Waals surface area contributed by atoms with Crippen molar-refractivity contribution in [2.75, 3.05) is 13.1 Å². The normalized spacial score (nSPS) is 20.8. The van der Waals surface area contributed by atoms with Gasteiger partial charge in [0.15, 0.2) is 0 Å². The Kier molecular flexibility index (Phi) is 4.81. The van der Waals surface area contributed by atoms with Crippen LogP contribution in [-0.2, 0) is 5.60 Å². The molecule has 3 nitrogen and oxygen atoms in total. The SMILES string of the molecule is CC(C(O)c1ccccc1)N1CCC(O)(c2ccccc2)CC1. The highest BCUT2D eigenvalue weighted by molar-refractivity contribution is 5.23. The molecule has 0 spiro atoms. The maximum absolute atomic E-state index is 10.9. The number of hydrogen-bond donors (Lipinski definition) is 2. The summed E-state index contributed by atoms with van der Waals surface area (Å²) >= 11 is 0. The lowest BCUT2D eigenvalue weighted by atomic mass is 9.83. The number of nitrogens with zero attached hydrogens (tertiary/aromatic N) is 1. The molecule has 0 saturated carbocycles. The van der Waals surface area contributed by atoms with Crippen LogP contribution in [0.4, 0.5) is 0 Å². The monoisotopic (exact) mass is 311 g/mol. The van der Waals surface area contributed by atoms with E-state index in [1.807, 2.05) is 60.7 Å². The number of likely N-dealkylation sites (tertiary alicyclic amines) is 1. The molecule has 1 aliphatic heterocycles. The van der Waals surface area contributed by atoms with E-state index in [0.717, 1.165) is 24.2 Å². The van der Waals surface area contributed by atoms with Gasteiger partial charge in [-0.15, -0.1) is 0 Å². The summed E-state index contributed by atoms with van der Waals surface area (Å²) in [4.78, 5) is 2.27. The Morgan fingerprint density at radius 3 is 2.00 bits per heavy atom. The van der Waals surface area contributed by atoms with E-state index in [4.69, 9.17) is 0 Å². The molecule has 1 heterocycles. The van der Waals surface area contributed by atoms with Crippen molar-refractivity contribution < 1.29 is 10.2 Å². The van der Waals surface area contributed by atoms with Crippen LogP contribution < -0.4 is 0 Å². The van der Waals surface area contributed by atoms with E-state index in [-0.39, 0.29) is 6.04 Å². The number of benzene rings is 2. The highest BCUT2D eigenvalue weighted by Gasteiger charge is 2.36. The van der Waals surface area contributed by atoms with Gasteiger partial charge in [-0.05, 0) is 30.9 Å². The minimum atomic E-state index is -0.741. The van der Waals surface area contributed by atoms with Crippen molar-refractivity contribution in [3.05, 3.63) is 71.8 Å². The van der Waals surface area contributed by atoms with Crippen LogP contribution in [0.15, 0.2) is 60.7 Å². The first-order chi connectivity index (χ1) is 11.1. The number of piperidine rings is 1. The molecule has 0 bridgehead atoms. The van der Waals surface area contributed by atoms with E-state index in [2.05, 4.69) is 11.8 Å². The van der Waals surface area contributed by atoms with Crippen LogP contribution in [0.1, 0.15) is 37.0 Å². The average molecular weight is 311 g/mol. The minimum absolute atomic E-state index is 0.0396. The quantitative estimate of drug-likeness (QED) is 0.912. The van der Waals surface area contributed by atoms with Gasteiger partial charge in [0.25, 0.3) is 0 Å². The van der Waals surface area contributed by atoms with Gasteiger partial charge in [-0.3, -0.25) is 4.90 Å². The van der Waals surface area contributed by atoms with Gasteiger partial charge in [-0.1, -0.05) is 60.7 Å². The molecule has 1 fully saturated rings. The fourth-order valence-corrected chi connectivity index (χ4v) is 3.47. The second-order valence-corrected chi connectivity index (χ2v) is 6.53. The van der Waals surface area contributed by atoms with E-state index >= 15 is 0 Å². The highest BCUT2D eigenvalue weighted by atomic mass is 16.3. The largest absolute Gasteiger partial charge is 0.387 e. The van der Waals surface area contributed by atoms with Gasteiger partial charge < -0.3 is 10.2 Å². The molecule has 3 rings (SSSR count).